The van der Waals surface area contributed by atoms with Crippen molar-refractivity contribution in [2.75, 3.05) is 26.2 Å². The van der Waals surface area contributed by atoms with Crippen LogP contribution in [0.4, 0.5) is 4.39 Å². The lowest BCUT2D eigenvalue weighted by molar-refractivity contribution is -0.157. The van der Waals surface area contributed by atoms with Crippen molar-refractivity contribution in [1.29, 1.82) is 0 Å². The fraction of sp³-hybridized carbons (Fsp3) is 0.333. The van der Waals surface area contributed by atoms with Crippen molar-refractivity contribution in [2.24, 2.45) is 5.10 Å². The summed E-state index contributed by atoms with van der Waals surface area (Å²) in [6, 6.07) is 9.45. The molecule has 1 aromatic heterocycles. The van der Waals surface area contributed by atoms with Crippen molar-refractivity contribution < 1.29 is 18.8 Å². The molecule has 1 atom stereocenters. The van der Waals surface area contributed by atoms with Crippen LogP contribution in [0.5, 0.6) is 0 Å². The molecule has 0 unspecified atom stereocenters. The highest BCUT2D eigenvalue weighted by Crippen LogP contribution is 2.34. The van der Waals surface area contributed by atoms with Gasteiger partial charge in [0.05, 0.1) is 16.6 Å². The number of thiophene rings is 1. The van der Waals surface area contributed by atoms with Crippen molar-refractivity contribution >= 4 is 34.8 Å². The lowest BCUT2D eigenvalue weighted by Crippen LogP contribution is -2.56. The van der Waals surface area contributed by atoms with Gasteiger partial charge in [0, 0.05) is 26.1 Å². The van der Waals surface area contributed by atoms with E-state index in [1.54, 1.807) is 12.1 Å². The Balaban J connectivity index is 1.56. The third kappa shape index (κ3) is 3.85. The number of benzene rings is 1. The number of halogens is 1. The quantitative estimate of drug-likeness (QED) is 0.686. The molecular formula is C21H21FN4O3S. The monoisotopic (exact) mass is 428 g/mol. The molecule has 0 spiro atoms. The second-order valence-electron chi connectivity index (χ2n) is 7.15. The average molecular weight is 428 g/mol. The maximum Gasteiger partial charge on any atom is 0.312 e. The van der Waals surface area contributed by atoms with Crippen LogP contribution in [0, 0.1) is 5.82 Å². The van der Waals surface area contributed by atoms with Gasteiger partial charge in [0.2, 0.25) is 0 Å². The summed E-state index contributed by atoms with van der Waals surface area (Å²) in [5.41, 5.74) is 1.53. The first-order valence-corrected chi connectivity index (χ1v) is 10.6. The number of nitrogens with zero attached hydrogens (tertiary/aromatic N) is 4. The maximum absolute atomic E-state index is 13.4. The molecule has 0 bridgehead atoms. The molecule has 156 valence electrons. The van der Waals surface area contributed by atoms with Gasteiger partial charge in [-0.3, -0.25) is 14.4 Å². The maximum atomic E-state index is 13.4. The third-order valence-corrected chi connectivity index (χ3v) is 6.25. The third-order valence-electron chi connectivity index (χ3n) is 5.33. The predicted octanol–water partition coefficient (Wildman–Crippen LogP) is 2.26. The van der Waals surface area contributed by atoms with Crippen molar-refractivity contribution in [1.82, 2.24) is 14.8 Å². The Morgan fingerprint density at radius 2 is 1.83 bits per heavy atom. The molecule has 3 heterocycles. The first kappa shape index (κ1) is 20.2. The van der Waals surface area contributed by atoms with Gasteiger partial charge >= 0.3 is 11.8 Å². The Morgan fingerprint density at radius 1 is 1.13 bits per heavy atom. The molecule has 0 aliphatic carbocycles. The lowest BCUT2D eigenvalue weighted by atomic mass is 10.0. The van der Waals surface area contributed by atoms with Crippen LogP contribution < -0.4 is 0 Å². The second kappa shape index (κ2) is 8.35. The van der Waals surface area contributed by atoms with Crippen LogP contribution in [0.15, 0.2) is 46.9 Å². The highest BCUT2D eigenvalue weighted by molar-refractivity contribution is 7.12. The fourth-order valence-electron chi connectivity index (χ4n) is 3.68. The van der Waals surface area contributed by atoms with E-state index in [1.807, 2.05) is 24.4 Å². The molecule has 9 heteroatoms. The van der Waals surface area contributed by atoms with Crippen molar-refractivity contribution in [3.8, 4) is 0 Å². The van der Waals surface area contributed by atoms with Crippen LogP contribution in [0.2, 0.25) is 0 Å². The van der Waals surface area contributed by atoms with Crippen LogP contribution >= 0.6 is 11.3 Å². The number of hydrogen-bond donors (Lipinski definition) is 0. The van der Waals surface area contributed by atoms with Gasteiger partial charge in [-0.2, -0.15) is 5.10 Å². The minimum absolute atomic E-state index is 0.221. The van der Waals surface area contributed by atoms with Crippen LogP contribution in [0.1, 0.15) is 29.8 Å². The normalized spacial score (nSPS) is 19.5. The van der Waals surface area contributed by atoms with Gasteiger partial charge in [0.15, 0.2) is 0 Å². The Labute approximate surface area is 177 Å². The fourth-order valence-corrected chi connectivity index (χ4v) is 4.40. The van der Waals surface area contributed by atoms with E-state index in [0.29, 0.717) is 26.1 Å². The molecule has 30 heavy (non-hydrogen) atoms. The van der Waals surface area contributed by atoms with E-state index in [9.17, 15) is 18.8 Å². The van der Waals surface area contributed by atoms with Gasteiger partial charge in [-0.15, -0.1) is 11.3 Å². The number of rotatable bonds is 5. The largest absolute Gasteiger partial charge is 0.333 e. The zero-order valence-corrected chi connectivity index (χ0v) is 17.3. The topological polar surface area (TPSA) is 73.3 Å². The van der Waals surface area contributed by atoms with Gasteiger partial charge in [0.1, 0.15) is 12.4 Å². The highest BCUT2D eigenvalue weighted by atomic mass is 32.1. The molecule has 0 N–H and O–H groups in total. The average Bonchev–Trinajstić information content (AvgIpc) is 3.42. The molecule has 4 rings (SSSR count). The number of carbonyl (C=O) groups excluding carboxylic acids is 3. The highest BCUT2D eigenvalue weighted by Gasteiger charge is 2.37. The summed E-state index contributed by atoms with van der Waals surface area (Å²) in [7, 11) is 0. The van der Waals surface area contributed by atoms with Crippen LogP contribution in [-0.2, 0) is 14.4 Å². The second-order valence-corrected chi connectivity index (χ2v) is 8.09. The number of amides is 3. The number of piperazine rings is 1. The Kier molecular flexibility index (Phi) is 5.63. The zero-order chi connectivity index (χ0) is 21.3. The van der Waals surface area contributed by atoms with Gasteiger partial charge in [-0.05, 0) is 36.1 Å². The molecule has 1 aromatic carbocycles. The van der Waals surface area contributed by atoms with E-state index in [2.05, 4.69) is 5.10 Å². The summed E-state index contributed by atoms with van der Waals surface area (Å²) in [5, 5.41) is 7.84. The summed E-state index contributed by atoms with van der Waals surface area (Å²) in [5.74, 6) is -1.99. The van der Waals surface area contributed by atoms with Crippen LogP contribution in [0.25, 0.3) is 0 Å². The summed E-state index contributed by atoms with van der Waals surface area (Å²) in [6.07, 6.45) is 0.494. The molecule has 0 saturated carbocycles. The Hall–Kier alpha value is -3.07. The number of carbonyl (C=O) groups is 3. The van der Waals surface area contributed by atoms with Crippen LogP contribution in [-0.4, -0.2) is 64.4 Å². The molecule has 1 fully saturated rings. The minimum atomic E-state index is -0.670. The number of likely N-dealkylation sites (N-methyl/N-ethyl adjacent to an activating group) is 1. The molecule has 2 aliphatic rings. The summed E-state index contributed by atoms with van der Waals surface area (Å²) in [6.45, 7) is 2.76. The van der Waals surface area contributed by atoms with Crippen LogP contribution in [0.3, 0.4) is 0 Å². The minimum Gasteiger partial charge on any atom is -0.333 e. The van der Waals surface area contributed by atoms with E-state index in [0.717, 1.165) is 16.2 Å². The summed E-state index contributed by atoms with van der Waals surface area (Å²) in [4.78, 5) is 41.3. The molecule has 2 aliphatic heterocycles. The SMILES string of the molecule is CCN1CCN(CC(=O)N2N=C(c3cccs3)C[C@@H]2c2ccc(F)cc2)C(=O)C1=O. The van der Waals surface area contributed by atoms with Crippen molar-refractivity contribution in [3.63, 3.8) is 0 Å². The van der Waals surface area contributed by atoms with Crippen molar-refractivity contribution in [3.05, 3.63) is 58.0 Å². The number of hydrazone groups is 1. The number of hydrogen-bond acceptors (Lipinski definition) is 5. The van der Waals surface area contributed by atoms with E-state index in [1.165, 1.54) is 38.3 Å². The Bertz CT molecular complexity index is 990. The molecule has 2 aromatic rings. The van der Waals surface area contributed by atoms with Gasteiger partial charge in [-0.25, -0.2) is 9.40 Å². The van der Waals surface area contributed by atoms with Gasteiger partial charge in [-0.1, -0.05) is 18.2 Å². The lowest BCUT2D eigenvalue weighted by Gasteiger charge is -2.33. The Morgan fingerprint density at radius 3 is 2.50 bits per heavy atom. The van der Waals surface area contributed by atoms with E-state index >= 15 is 0 Å². The van der Waals surface area contributed by atoms with E-state index in [4.69, 9.17) is 0 Å². The van der Waals surface area contributed by atoms with Gasteiger partial charge in [0.25, 0.3) is 5.91 Å². The van der Waals surface area contributed by atoms with E-state index < -0.39 is 17.9 Å². The summed E-state index contributed by atoms with van der Waals surface area (Å²) < 4.78 is 13.4. The first-order chi connectivity index (χ1) is 14.5. The predicted molar refractivity (Wildman–Crippen MR) is 110 cm³/mol. The summed E-state index contributed by atoms with van der Waals surface area (Å²) >= 11 is 1.53. The first-order valence-electron chi connectivity index (χ1n) is 9.75. The van der Waals surface area contributed by atoms with E-state index in [-0.39, 0.29) is 18.3 Å². The molecule has 3 amide bonds. The van der Waals surface area contributed by atoms with Crippen molar-refractivity contribution in [2.45, 2.75) is 19.4 Å². The molecule has 0 radical (unpaired) electrons. The zero-order valence-electron chi connectivity index (χ0n) is 16.5. The molecule has 1 saturated heterocycles. The molecular weight excluding hydrogens is 407 g/mol. The standard InChI is InChI=1S/C21H21FN4O3S/c1-2-24-9-10-25(21(29)20(24)28)13-19(27)26-17(14-5-7-15(22)8-6-14)12-16(23-26)18-4-3-11-30-18/h3-8,11,17H,2,9-10,12-13H2,1H3/t17-/m1/s1. The molecule has 7 nitrogen and oxygen atoms in total. The smallest absolute Gasteiger partial charge is 0.312 e. The van der Waals surface area contributed by atoms with Gasteiger partial charge < -0.3 is 9.80 Å².